The lowest BCUT2D eigenvalue weighted by molar-refractivity contribution is -0.152. The first-order chi connectivity index (χ1) is 16.6. The molecular formula is C33H56O2. The van der Waals surface area contributed by atoms with Gasteiger partial charge in [-0.25, -0.2) is 0 Å². The number of ether oxygens (including phenoxy) is 1. The summed E-state index contributed by atoms with van der Waals surface area (Å²) < 4.78 is 5.63. The number of hydrogen-bond acceptors (Lipinski definition) is 2. The number of carbonyl (C=O) groups excluding carboxylic acids is 1. The minimum absolute atomic E-state index is 0.103. The fourth-order valence-electron chi connectivity index (χ4n) is 8.84. The van der Waals surface area contributed by atoms with Crippen LogP contribution in [0.3, 0.4) is 0 Å². The van der Waals surface area contributed by atoms with Crippen LogP contribution in [0.2, 0.25) is 0 Å². The molecule has 200 valence electrons. The molecule has 4 rings (SSSR count). The van der Waals surface area contributed by atoms with Crippen molar-refractivity contribution in [1.82, 2.24) is 0 Å². The topological polar surface area (TPSA) is 26.3 Å². The van der Waals surface area contributed by atoms with Gasteiger partial charge in [-0.05, 0) is 112 Å². The standard InChI is InChI=1S/C29H48O2.C4H8/c1-19(2)8-7-9-20(3)25-12-13-26-24-11-10-22-18-23(31-21(4)30)14-16-28(22,5)27(24)15-17-29(25,26)6;1-3-4-2/h11,19-20,22-23,25-27H,7-10,12-18H2,1-6H3;3-4H,1-2H3/b;4-3-. The Bertz CT molecular complexity index is 759. The first kappa shape index (κ1) is 28.5. The zero-order chi connectivity index (χ0) is 25.8. The predicted octanol–water partition coefficient (Wildman–Crippen LogP) is 9.54. The Hall–Kier alpha value is -1.05. The van der Waals surface area contributed by atoms with Crippen LogP contribution >= 0.6 is 0 Å². The van der Waals surface area contributed by atoms with Crippen molar-refractivity contribution in [2.24, 2.45) is 46.3 Å². The third kappa shape index (κ3) is 6.10. The van der Waals surface area contributed by atoms with E-state index in [-0.39, 0.29) is 12.1 Å². The zero-order valence-corrected chi connectivity index (χ0v) is 24.4. The predicted molar refractivity (Wildman–Crippen MR) is 149 cm³/mol. The smallest absolute Gasteiger partial charge is 0.302 e. The maximum absolute atomic E-state index is 11.5. The average molecular weight is 485 g/mol. The fourth-order valence-corrected chi connectivity index (χ4v) is 8.84. The van der Waals surface area contributed by atoms with Crippen molar-refractivity contribution in [2.45, 2.75) is 132 Å². The summed E-state index contributed by atoms with van der Waals surface area (Å²) in [4.78, 5) is 11.5. The highest BCUT2D eigenvalue weighted by Gasteiger charge is 2.58. The quantitative estimate of drug-likeness (QED) is 0.277. The number of esters is 1. The van der Waals surface area contributed by atoms with Crippen LogP contribution in [0, 0.1) is 46.3 Å². The third-order valence-electron chi connectivity index (χ3n) is 10.9. The van der Waals surface area contributed by atoms with Crippen molar-refractivity contribution in [3.05, 3.63) is 23.8 Å². The first-order valence-electron chi connectivity index (χ1n) is 15.0. The van der Waals surface area contributed by atoms with Crippen molar-refractivity contribution in [3.63, 3.8) is 0 Å². The van der Waals surface area contributed by atoms with Gasteiger partial charge in [-0.2, -0.15) is 0 Å². The van der Waals surface area contributed by atoms with Crippen LogP contribution in [0.5, 0.6) is 0 Å². The average Bonchev–Trinajstić information content (AvgIpc) is 3.16. The molecule has 0 aromatic rings. The molecule has 0 aliphatic heterocycles. The van der Waals surface area contributed by atoms with Gasteiger partial charge in [0, 0.05) is 6.92 Å². The van der Waals surface area contributed by atoms with Gasteiger partial charge in [-0.15, -0.1) is 0 Å². The summed E-state index contributed by atoms with van der Waals surface area (Å²) in [6, 6.07) is 0. The van der Waals surface area contributed by atoms with E-state index in [2.05, 4.69) is 40.7 Å². The molecule has 0 spiro atoms. The molecule has 0 bridgehead atoms. The Morgan fingerprint density at radius 3 is 2.29 bits per heavy atom. The first-order valence-corrected chi connectivity index (χ1v) is 15.0. The van der Waals surface area contributed by atoms with Gasteiger partial charge in [-0.1, -0.05) is 77.7 Å². The summed E-state index contributed by atoms with van der Waals surface area (Å²) >= 11 is 0. The zero-order valence-electron chi connectivity index (χ0n) is 24.4. The van der Waals surface area contributed by atoms with Gasteiger partial charge in [0.2, 0.25) is 0 Å². The van der Waals surface area contributed by atoms with Gasteiger partial charge in [0.05, 0.1) is 0 Å². The van der Waals surface area contributed by atoms with Crippen LogP contribution in [0.25, 0.3) is 0 Å². The molecule has 0 radical (unpaired) electrons. The van der Waals surface area contributed by atoms with E-state index in [1.807, 2.05) is 31.6 Å². The molecule has 0 N–H and O–H groups in total. The van der Waals surface area contributed by atoms with Crippen molar-refractivity contribution < 1.29 is 9.53 Å². The SMILES string of the molecule is C/C=C\C.CC(=O)OC1CCC2(C)C(CC=C3C2CCC2(C)C3CCC2C(C)CCCC(C)C)C1. The van der Waals surface area contributed by atoms with Gasteiger partial charge in [0.1, 0.15) is 6.10 Å². The highest BCUT2D eigenvalue weighted by molar-refractivity contribution is 5.66. The Morgan fingerprint density at radius 1 is 1.00 bits per heavy atom. The molecule has 0 heterocycles. The summed E-state index contributed by atoms with van der Waals surface area (Å²) in [6.07, 6.45) is 21.3. The summed E-state index contributed by atoms with van der Waals surface area (Å²) in [6.45, 7) is 18.1. The number of allylic oxidation sites excluding steroid dienone is 4. The van der Waals surface area contributed by atoms with Gasteiger partial charge >= 0.3 is 5.97 Å². The lowest BCUT2D eigenvalue weighted by Gasteiger charge is -2.58. The molecule has 0 saturated heterocycles. The van der Waals surface area contributed by atoms with Gasteiger partial charge in [0.25, 0.3) is 0 Å². The molecule has 4 aliphatic carbocycles. The van der Waals surface area contributed by atoms with Crippen LogP contribution < -0.4 is 0 Å². The molecule has 0 amide bonds. The Kier molecular flexibility index (Phi) is 9.78. The monoisotopic (exact) mass is 484 g/mol. The summed E-state index contributed by atoms with van der Waals surface area (Å²) in [5.41, 5.74) is 2.80. The van der Waals surface area contributed by atoms with Gasteiger partial charge < -0.3 is 4.74 Å². The van der Waals surface area contributed by atoms with Crippen LogP contribution in [0.15, 0.2) is 23.8 Å². The van der Waals surface area contributed by atoms with Crippen LogP contribution in [0.4, 0.5) is 0 Å². The molecule has 8 atom stereocenters. The fraction of sp³-hybridized carbons (Fsp3) is 0.848. The molecule has 8 unspecified atom stereocenters. The summed E-state index contributed by atoms with van der Waals surface area (Å²) in [7, 11) is 0. The number of fused-ring (bicyclic) bond motifs is 5. The molecule has 2 nitrogen and oxygen atoms in total. The van der Waals surface area contributed by atoms with E-state index in [1.165, 1.54) is 57.8 Å². The molecule has 3 fully saturated rings. The lowest BCUT2D eigenvalue weighted by Crippen LogP contribution is -2.50. The Labute approximate surface area is 217 Å². The van der Waals surface area contributed by atoms with E-state index < -0.39 is 0 Å². The van der Waals surface area contributed by atoms with Crippen LogP contribution in [0.1, 0.15) is 126 Å². The Morgan fingerprint density at radius 2 is 1.66 bits per heavy atom. The number of rotatable bonds is 6. The van der Waals surface area contributed by atoms with E-state index >= 15 is 0 Å². The maximum atomic E-state index is 11.5. The molecule has 35 heavy (non-hydrogen) atoms. The molecule has 0 aromatic heterocycles. The highest BCUT2D eigenvalue weighted by Crippen LogP contribution is 2.67. The largest absolute Gasteiger partial charge is 0.463 e. The summed E-state index contributed by atoms with van der Waals surface area (Å²) in [5.74, 6) is 4.81. The number of carbonyl (C=O) groups is 1. The minimum atomic E-state index is -0.103. The van der Waals surface area contributed by atoms with E-state index in [9.17, 15) is 4.79 Å². The van der Waals surface area contributed by atoms with Crippen molar-refractivity contribution in [2.75, 3.05) is 0 Å². The molecular weight excluding hydrogens is 428 g/mol. The summed E-state index contributed by atoms with van der Waals surface area (Å²) in [5, 5.41) is 0. The highest BCUT2D eigenvalue weighted by atomic mass is 16.5. The van der Waals surface area contributed by atoms with Crippen LogP contribution in [-0.4, -0.2) is 12.1 Å². The lowest BCUT2D eigenvalue weighted by atomic mass is 9.47. The van der Waals surface area contributed by atoms with E-state index in [0.717, 1.165) is 42.4 Å². The van der Waals surface area contributed by atoms with Crippen molar-refractivity contribution in [1.29, 1.82) is 0 Å². The molecule has 4 aliphatic rings. The second-order valence-electron chi connectivity index (χ2n) is 13.5. The second-order valence-corrected chi connectivity index (χ2v) is 13.5. The van der Waals surface area contributed by atoms with E-state index in [4.69, 9.17) is 4.74 Å². The second kappa shape index (κ2) is 12.0. The molecule has 0 aromatic carbocycles. The van der Waals surface area contributed by atoms with E-state index in [0.29, 0.717) is 16.7 Å². The molecule has 3 saturated carbocycles. The maximum Gasteiger partial charge on any atom is 0.302 e. The van der Waals surface area contributed by atoms with Gasteiger partial charge in [0.15, 0.2) is 0 Å². The van der Waals surface area contributed by atoms with Crippen molar-refractivity contribution in [3.8, 4) is 0 Å². The number of hydrogen-bond donors (Lipinski definition) is 0. The van der Waals surface area contributed by atoms with Crippen LogP contribution in [-0.2, 0) is 9.53 Å². The third-order valence-corrected chi connectivity index (χ3v) is 10.9. The minimum Gasteiger partial charge on any atom is -0.463 e. The van der Waals surface area contributed by atoms with Gasteiger partial charge in [-0.3, -0.25) is 4.79 Å². The van der Waals surface area contributed by atoms with E-state index in [1.54, 1.807) is 6.92 Å². The Balaban J connectivity index is 0.000000795. The normalized spacial score (nSPS) is 39.1. The molecule has 2 heteroatoms. The van der Waals surface area contributed by atoms with Crippen molar-refractivity contribution >= 4 is 5.97 Å².